The average Bonchev–Trinajstić information content (AvgIpc) is 2.64. The fourth-order valence-corrected chi connectivity index (χ4v) is 3.76. The summed E-state index contributed by atoms with van der Waals surface area (Å²) in [5, 5.41) is 15.3. The molecule has 3 nitrogen and oxygen atoms in total. The molecule has 0 fully saturated rings. The van der Waals surface area contributed by atoms with E-state index in [-0.39, 0.29) is 5.54 Å². The first-order valence-electron chi connectivity index (χ1n) is 8.30. The number of hydrogen-bond donors (Lipinski definition) is 0. The molecule has 0 aromatic heterocycles. The highest BCUT2D eigenvalue weighted by Crippen LogP contribution is 2.34. The Morgan fingerprint density at radius 2 is 1.61 bits per heavy atom. The highest BCUT2D eigenvalue weighted by Gasteiger charge is 2.53. The molecule has 0 aliphatic carbocycles. The second-order valence-corrected chi connectivity index (χ2v) is 7.49. The molecular formula is C20H26N2O. The summed E-state index contributed by atoms with van der Waals surface area (Å²) in [6, 6.07) is 14.9. The van der Waals surface area contributed by atoms with Crippen molar-refractivity contribution in [3.63, 3.8) is 0 Å². The summed E-state index contributed by atoms with van der Waals surface area (Å²) < 4.78 is 1.22. The van der Waals surface area contributed by atoms with Gasteiger partial charge in [0, 0.05) is 20.3 Å². The van der Waals surface area contributed by atoms with Gasteiger partial charge in [0.2, 0.25) is 5.66 Å². The lowest BCUT2D eigenvalue weighted by Crippen LogP contribution is -2.50. The molecule has 122 valence electrons. The fourth-order valence-electron chi connectivity index (χ4n) is 3.76. The van der Waals surface area contributed by atoms with E-state index >= 15 is 0 Å². The first-order valence-corrected chi connectivity index (χ1v) is 8.30. The second-order valence-electron chi connectivity index (χ2n) is 7.49. The molecular weight excluding hydrogens is 284 g/mol. The van der Waals surface area contributed by atoms with Crippen LogP contribution in [0, 0.1) is 5.21 Å². The molecule has 0 spiro atoms. The van der Waals surface area contributed by atoms with Gasteiger partial charge in [-0.1, -0.05) is 42.5 Å². The summed E-state index contributed by atoms with van der Waals surface area (Å²) in [5.74, 6) is 0. The molecule has 1 aliphatic rings. The van der Waals surface area contributed by atoms with Crippen LogP contribution in [0.3, 0.4) is 0 Å². The van der Waals surface area contributed by atoms with Crippen LogP contribution in [-0.2, 0) is 6.42 Å². The van der Waals surface area contributed by atoms with Crippen molar-refractivity contribution < 1.29 is 4.74 Å². The van der Waals surface area contributed by atoms with Gasteiger partial charge in [-0.3, -0.25) is 0 Å². The molecule has 0 N–H and O–H groups in total. The van der Waals surface area contributed by atoms with Gasteiger partial charge in [-0.05, 0) is 43.7 Å². The minimum absolute atomic E-state index is 0.212. The third-order valence-corrected chi connectivity index (χ3v) is 5.62. The summed E-state index contributed by atoms with van der Waals surface area (Å²) in [6.07, 6.45) is 1.68. The zero-order valence-electron chi connectivity index (χ0n) is 14.8. The minimum atomic E-state index is -0.489. The van der Waals surface area contributed by atoms with Crippen molar-refractivity contribution >= 4 is 16.5 Å². The maximum Gasteiger partial charge on any atom is 0.224 e. The number of fused-ring (bicyclic) bond motifs is 1. The summed E-state index contributed by atoms with van der Waals surface area (Å²) in [6.45, 7) is 8.27. The summed E-state index contributed by atoms with van der Waals surface area (Å²) in [7, 11) is 2.04. The van der Waals surface area contributed by atoms with Crippen molar-refractivity contribution in [2.45, 2.75) is 51.7 Å². The second kappa shape index (κ2) is 5.34. The van der Waals surface area contributed by atoms with Crippen LogP contribution in [0.1, 0.15) is 39.7 Å². The molecule has 2 aromatic carbocycles. The van der Waals surface area contributed by atoms with Gasteiger partial charge in [0.15, 0.2) is 5.71 Å². The summed E-state index contributed by atoms with van der Waals surface area (Å²) in [5.41, 5.74) is 1.58. The van der Waals surface area contributed by atoms with Gasteiger partial charge in [0.05, 0.1) is 0 Å². The van der Waals surface area contributed by atoms with Crippen molar-refractivity contribution in [1.29, 1.82) is 0 Å². The zero-order chi connectivity index (χ0) is 16.8. The Balaban J connectivity index is 1.92. The minimum Gasteiger partial charge on any atom is -0.622 e. The van der Waals surface area contributed by atoms with Gasteiger partial charge in [-0.2, -0.15) is 4.74 Å². The highest BCUT2D eigenvalue weighted by molar-refractivity contribution is 5.91. The van der Waals surface area contributed by atoms with Gasteiger partial charge in [0.25, 0.3) is 0 Å². The topological polar surface area (TPSA) is 29.3 Å². The van der Waals surface area contributed by atoms with E-state index in [1.165, 1.54) is 21.1 Å². The third kappa shape index (κ3) is 2.43. The van der Waals surface area contributed by atoms with E-state index in [1.807, 2.05) is 20.9 Å². The number of rotatable bonds is 3. The Bertz CT molecular complexity index is 769. The van der Waals surface area contributed by atoms with Crippen molar-refractivity contribution in [1.82, 2.24) is 4.90 Å². The normalized spacial score (nSPS) is 20.4. The summed E-state index contributed by atoms with van der Waals surface area (Å²) >= 11 is 0. The number of hydroxylamine groups is 1. The van der Waals surface area contributed by atoms with E-state index in [4.69, 9.17) is 0 Å². The quantitative estimate of drug-likeness (QED) is 0.628. The van der Waals surface area contributed by atoms with Gasteiger partial charge in [-0.15, -0.1) is 0 Å². The van der Waals surface area contributed by atoms with Crippen molar-refractivity contribution in [2.24, 2.45) is 0 Å². The lowest BCUT2D eigenvalue weighted by molar-refractivity contribution is -0.557. The SMILES string of the molecule is CN1C(C)(C)C(CCc2cccc3ccccc23)=[N+]([O-])C1(C)C. The predicted molar refractivity (Wildman–Crippen MR) is 96.8 cm³/mol. The van der Waals surface area contributed by atoms with Gasteiger partial charge >= 0.3 is 0 Å². The molecule has 0 bridgehead atoms. The van der Waals surface area contributed by atoms with E-state index in [9.17, 15) is 5.21 Å². The zero-order valence-corrected chi connectivity index (χ0v) is 14.8. The molecule has 3 rings (SSSR count). The number of aryl methyl sites for hydroxylation is 1. The Morgan fingerprint density at radius 1 is 0.957 bits per heavy atom. The molecule has 0 atom stereocenters. The number of benzene rings is 2. The molecule has 0 radical (unpaired) electrons. The highest BCUT2D eigenvalue weighted by atomic mass is 16.5. The van der Waals surface area contributed by atoms with Gasteiger partial charge < -0.3 is 5.21 Å². The number of hydrogen-bond acceptors (Lipinski definition) is 2. The third-order valence-electron chi connectivity index (χ3n) is 5.62. The van der Waals surface area contributed by atoms with E-state index in [1.54, 1.807) is 0 Å². The van der Waals surface area contributed by atoms with Crippen LogP contribution in [0.4, 0.5) is 0 Å². The van der Waals surface area contributed by atoms with Crippen molar-refractivity contribution in [3.05, 3.63) is 53.2 Å². The number of nitrogens with zero attached hydrogens (tertiary/aromatic N) is 2. The monoisotopic (exact) mass is 310 g/mol. The lowest BCUT2D eigenvalue weighted by atomic mass is 9.91. The molecule has 0 saturated carbocycles. The Hall–Kier alpha value is -1.87. The maximum absolute atomic E-state index is 12.8. The molecule has 0 amide bonds. The van der Waals surface area contributed by atoms with Gasteiger partial charge in [-0.25, -0.2) is 4.90 Å². The molecule has 1 aliphatic heterocycles. The first-order chi connectivity index (χ1) is 10.8. The van der Waals surface area contributed by atoms with Crippen LogP contribution in [0.2, 0.25) is 0 Å². The molecule has 0 saturated heterocycles. The Morgan fingerprint density at radius 3 is 2.26 bits per heavy atom. The molecule has 1 heterocycles. The predicted octanol–water partition coefficient (Wildman–Crippen LogP) is 4.18. The smallest absolute Gasteiger partial charge is 0.224 e. The van der Waals surface area contributed by atoms with Crippen LogP contribution >= 0.6 is 0 Å². The first kappa shape index (κ1) is 16.0. The molecule has 2 aromatic rings. The van der Waals surface area contributed by atoms with Crippen LogP contribution in [0.15, 0.2) is 42.5 Å². The Labute approximate surface area is 138 Å². The van der Waals surface area contributed by atoms with Crippen molar-refractivity contribution in [3.8, 4) is 0 Å². The van der Waals surface area contributed by atoms with Gasteiger partial charge in [0.1, 0.15) is 5.54 Å². The summed E-state index contributed by atoms with van der Waals surface area (Å²) in [4.78, 5) is 2.17. The molecule has 0 unspecified atom stereocenters. The molecule has 23 heavy (non-hydrogen) atoms. The largest absolute Gasteiger partial charge is 0.622 e. The molecule has 3 heteroatoms. The Kier molecular flexibility index (Phi) is 3.72. The standard InChI is InChI=1S/C20H26N2O/c1-19(2)18(22(23)20(3,4)21(19)5)14-13-16-11-8-10-15-9-6-7-12-17(15)16/h6-12H,13-14H2,1-5H3. The van der Waals surface area contributed by atoms with Crippen LogP contribution < -0.4 is 0 Å². The maximum atomic E-state index is 12.8. The van der Waals surface area contributed by atoms with Crippen LogP contribution in [0.25, 0.3) is 10.8 Å². The fraction of sp³-hybridized carbons (Fsp3) is 0.450. The van der Waals surface area contributed by atoms with E-state index in [2.05, 4.69) is 61.2 Å². The van der Waals surface area contributed by atoms with E-state index < -0.39 is 5.66 Å². The van der Waals surface area contributed by atoms with Crippen molar-refractivity contribution in [2.75, 3.05) is 7.05 Å². The van der Waals surface area contributed by atoms with E-state index in [0.717, 1.165) is 18.6 Å². The lowest BCUT2D eigenvalue weighted by Gasteiger charge is -2.32. The van der Waals surface area contributed by atoms with Crippen LogP contribution in [0.5, 0.6) is 0 Å². The van der Waals surface area contributed by atoms with E-state index in [0.29, 0.717) is 0 Å². The average molecular weight is 310 g/mol. The van der Waals surface area contributed by atoms with Crippen LogP contribution in [-0.4, -0.2) is 33.6 Å².